The van der Waals surface area contributed by atoms with Crippen molar-refractivity contribution in [1.29, 1.82) is 5.53 Å². The highest BCUT2D eigenvalue weighted by atomic mass is 32.2. The predicted octanol–water partition coefficient (Wildman–Crippen LogP) is 3.35. The number of aliphatic hydroxyl groups excluding tert-OH is 1. The molecule has 1 saturated carbocycles. The van der Waals surface area contributed by atoms with E-state index in [0.717, 1.165) is 18.4 Å². The molecule has 0 saturated heterocycles. The van der Waals surface area contributed by atoms with Crippen LogP contribution in [-0.4, -0.2) is 46.3 Å². The van der Waals surface area contributed by atoms with Crippen molar-refractivity contribution < 1.29 is 23.0 Å². The third-order valence-corrected chi connectivity index (χ3v) is 5.66. The van der Waals surface area contributed by atoms with E-state index in [2.05, 4.69) is 10.4 Å². The summed E-state index contributed by atoms with van der Waals surface area (Å²) in [4.78, 5) is 12.8. The molecule has 1 aromatic carbocycles. The molecule has 2 rings (SSSR count). The Bertz CT molecular complexity index is 716. The molecule has 29 heavy (non-hydrogen) atoms. The number of rotatable bonds is 10. The number of hydrogen-bond donors (Lipinski definition) is 3. The summed E-state index contributed by atoms with van der Waals surface area (Å²) in [6, 6.07) is 6.25. The molecule has 0 aliphatic heterocycles. The number of carbonyl (C=O) groups excluding carboxylic acids is 1. The molecule has 1 aliphatic carbocycles. The van der Waals surface area contributed by atoms with E-state index in [4.69, 9.17) is 14.5 Å². The summed E-state index contributed by atoms with van der Waals surface area (Å²) in [6.07, 6.45) is 0.210. The maximum Gasteiger partial charge on any atom is 0.408 e. The second-order valence-corrected chi connectivity index (χ2v) is 9.59. The minimum absolute atomic E-state index is 0.165. The quantitative estimate of drug-likeness (QED) is 0.496. The van der Waals surface area contributed by atoms with Crippen LogP contribution in [0.15, 0.2) is 34.3 Å². The fraction of sp³-hybridized carbons (Fsp3) is 0.650. The highest BCUT2D eigenvalue weighted by Crippen LogP contribution is 2.39. The summed E-state index contributed by atoms with van der Waals surface area (Å²) >= 11 is -1.74. The number of amides is 1. The standard InChI is InChI=1S/C20H31N3O5S/c1-13-5-9-15(10-6-13)29(26)27-12-17(23-19(25)28-20(2,3)4)18(24)16(11-22-21)14-7-8-14/h5-6,9-10,14,16-18,21,24H,7-8,11-12H2,1-4H3,(H,23,25)/t16?,17-,18-,29?/m1/s1. The Morgan fingerprint density at radius 1 is 1.34 bits per heavy atom. The maximum absolute atomic E-state index is 12.5. The topological polar surface area (TPSA) is 121 Å². The summed E-state index contributed by atoms with van der Waals surface area (Å²) in [5, 5.41) is 17.0. The van der Waals surface area contributed by atoms with E-state index in [0.29, 0.717) is 4.90 Å². The Morgan fingerprint density at radius 3 is 2.48 bits per heavy atom. The first-order valence-corrected chi connectivity index (χ1v) is 10.8. The first-order valence-electron chi connectivity index (χ1n) is 9.73. The minimum atomic E-state index is -1.74. The number of alkyl carbamates (subject to hydrolysis) is 1. The summed E-state index contributed by atoms with van der Waals surface area (Å²) in [7, 11) is 0. The summed E-state index contributed by atoms with van der Waals surface area (Å²) in [6.45, 7) is 7.16. The monoisotopic (exact) mass is 425 g/mol. The first kappa shape index (κ1) is 23.4. The average Bonchev–Trinajstić information content (AvgIpc) is 3.46. The lowest BCUT2D eigenvalue weighted by Crippen LogP contribution is -2.51. The number of carbonyl (C=O) groups is 1. The molecule has 0 aromatic heterocycles. The number of benzene rings is 1. The number of ether oxygens (including phenoxy) is 1. The first-order chi connectivity index (χ1) is 13.6. The maximum atomic E-state index is 12.5. The van der Waals surface area contributed by atoms with Gasteiger partial charge in [-0.05, 0) is 58.6 Å². The van der Waals surface area contributed by atoms with Gasteiger partial charge in [-0.1, -0.05) is 17.7 Å². The Labute approximate surface area is 174 Å². The normalized spacial score (nSPS) is 18.4. The highest BCUT2D eigenvalue weighted by Gasteiger charge is 2.40. The molecule has 1 aromatic rings. The molecule has 8 nitrogen and oxygen atoms in total. The van der Waals surface area contributed by atoms with E-state index in [-0.39, 0.29) is 25.0 Å². The van der Waals surface area contributed by atoms with E-state index in [1.165, 1.54) is 0 Å². The van der Waals surface area contributed by atoms with Gasteiger partial charge in [-0.15, -0.1) is 0 Å². The average molecular weight is 426 g/mol. The van der Waals surface area contributed by atoms with Crippen LogP contribution in [0.25, 0.3) is 0 Å². The van der Waals surface area contributed by atoms with Crippen LogP contribution < -0.4 is 5.32 Å². The molecule has 3 N–H and O–H groups in total. The molecular formula is C20H31N3O5S. The molecule has 162 valence electrons. The fourth-order valence-electron chi connectivity index (χ4n) is 3.00. The molecule has 0 heterocycles. The van der Waals surface area contributed by atoms with E-state index >= 15 is 0 Å². The molecule has 0 radical (unpaired) electrons. The molecule has 1 aliphatic rings. The van der Waals surface area contributed by atoms with Crippen molar-refractivity contribution in [2.24, 2.45) is 17.0 Å². The summed E-state index contributed by atoms with van der Waals surface area (Å²) in [5.74, 6) is -0.0199. The van der Waals surface area contributed by atoms with Crippen molar-refractivity contribution in [3.63, 3.8) is 0 Å². The molecule has 1 fully saturated rings. The Morgan fingerprint density at radius 2 is 1.97 bits per heavy atom. The van der Waals surface area contributed by atoms with Crippen LogP contribution in [-0.2, 0) is 20.0 Å². The van der Waals surface area contributed by atoms with Crippen LogP contribution in [0.1, 0.15) is 39.2 Å². The van der Waals surface area contributed by atoms with Crippen molar-refractivity contribution in [1.82, 2.24) is 5.32 Å². The molecule has 0 bridgehead atoms. The van der Waals surface area contributed by atoms with Crippen LogP contribution in [0.4, 0.5) is 4.79 Å². The van der Waals surface area contributed by atoms with Gasteiger partial charge in [0, 0.05) is 5.92 Å². The van der Waals surface area contributed by atoms with Gasteiger partial charge in [0.25, 0.3) is 0 Å². The Hall–Kier alpha value is -1.84. The van der Waals surface area contributed by atoms with Crippen LogP contribution >= 0.6 is 0 Å². The molecule has 9 heteroatoms. The largest absolute Gasteiger partial charge is 0.444 e. The van der Waals surface area contributed by atoms with Crippen molar-refractivity contribution in [3.8, 4) is 0 Å². The van der Waals surface area contributed by atoms with Crippen molar-refractivity contribution in [3.05, 3.63) is 29.8 Å². The number of nitrogens with one attached hydrogen (secondary N) is 2. The van der Waals surface area contributed by atoms with E-state index < -0.39 is 34.9 Å². The van der Waals surface area contributed by atoms with Gasteiger partial charge in [0.05, 0.1) is 30.2 Å². The van der Waals surface area contributed by atoms with Gasteiger partial charge >= 0.3 is 6.09 Å². The van der Waals surface area contributed by atoms with Crippen LogP contribution in [0.2, 0.25) is 0 Å². The van der Waals surface area contributed by atoms with Crippen LogP contribution in [0.3, 0.4) is 0 Å². The summed E-state index contributed by atoms with van der Waals surface area (Å²) in [5.41, 5.74) is 7.51. The van der Waals surface area contributed by atoms with Crippen LogP contribution in [0, 0.1) is 24.3 Å². The molecule has 2 unspecified atom stereocenters. The lowest BCUT2D eigenvalue weighted by atomic mass is 9.92. The number of aryl methyl sites for hydroxylation is 1. The Kier molecular flexibility index (Phi) is 8.30. The van der Waals surface area contributed by atoms with Gasteiger partial charge in [-0.2, -0.15) is 5.11 Å². The zero-order valence-electron chi connectivity index (χ0n) is 17.4. The fourth-order valence-corrected chi connectivity index (χ4v) is 3.77. The number of aliphatic hydroxyl groups is 1. The third-order valence-electron chi connectivity index (χ3n) is 4.65. The highest BCUT2D eigenvalue weighted by molar-refractivity contribution is 7.80. The van der Waals surface area contributed by atoms with Gasteiger partial charge in [-0.25, -0.2) is 14.5 Å². The smallest absolute Gasteiger partial charge is 0.408 e. The third kappa shape index (κ3) is 7.83. The second kappa shape index (κ2) is 10.3. The van der Waals surface area contributed by atoms with Gasteiger partial charge in [0.2, 0.25) is 0 Å². The van der Waals surface area contributed by atoms with Gasteiger partial charge in [0.15, 0.2) is 11.1 Å². The van der Waals surface area contributed by atoms with Gasteiger partial charge < -0.3 is 15.2 Å². The van der Waals surface area contributed by atoms with Crippen molar-refractivity contribution in [2.75, 3.05) is 13.2 Å². The Balaban J connectivity index is 2.08. The van der Waals surface area contributed by atoms with Crippen LogP contribution in [0.5, 0.6) is 0 Å². The molecule has 4 atom stereocenters. The van der Waals surface area contributed by atoms with Gasteiger partial charge in [-0.3, -0.25) is 4.18 Å². The predicted molar refractivity (Wildman–Crippen MR) is 109 cm³/mol. The second-order valence-electron chi connectivity index (χ2n) is 8.42. The molecule has 1 amide bonds. The van der Waals surface area contributed by atoms with E-state index in [9.17, 15) is 14.1 Å². The SMILES string of the molecule is Cc1ccc(S(=O)OC[C@@H](NC(=O)OC(C)(C)C)[C@H](O)C(CN=N)C2CC2)cc1. The summed E-state index contributed by atoms with van der Waals surface area (Å²) < 4.78 is 23.2. The van der Waals surface area contributed by atoms with Crippen molar-refractivity contribution in [2.45, 2.75) is 63.2 Å². The minimum Gasteiger partial charge on any atom is -0.444 e. The van der Waals surface area contributed by atoms with Crippen molar-refractivity contribution >= 4 is 17.2 Å². The lowest BCUT2D eigenvalue weighted by molar-refractivity contribution is 0.0211. The van der Waals surface area contributed by atoms with E-state index in [1.54, 1.807) is 32.9 Å². The molecular weight excluding hydrogens is 394 g/mol. The number of hydrogen-bond acceptors (Lipinski definition) is 7. The zero-order chi connectivity index (χ0) is 21.6. The molecule has 0 spiro atoms. The number of nitrogens with zero attached hydrogens (tertiary/aromatic N) is 1. The van der Waals surface area contributed by atoms with Gasteiger partial charge in [0.1, 0.15) is 5.60 Å². The van der Waals surface area contributed by atoms with E-state index in [1.807, 2.05) is 19.1 Å². The lowest BCUT2D eigenvalue weighted by Gasteiger charge is -2.30. The zero-order valence-corrected chi connectivity index (χ0v) is 18.2.